The number of anilines is 1. The van der Waals surface area contributed by atoms with Crippen LogP contribution in [0.5, 0.6) is 5.75 Å². The number of fused-ring (bicyclic) bond motifs is 1. The number of rotatable bonds is 5. The molecule has 6 nitrogen and oxygen atoms in total. The monoisotopic (exact) mass is 449 g/mol. The molecule has 0 unspecified atom stereocenters. The molecule has 0 bridgehead atoms. The number of hydrogen-bond acceptors (Lipinski definition) is 4. The number of amides is 1. The van der Waals surface area contributed by atoms with Crippen molar-refractivity contribution >= 4 is 34.7 Å². The molecule has 1 amide bonds. The number of ether oxygens (including phenoxy) is 1. The SMILES string of the molecule is COc1ccc(Cn2c(=S)[nH]c3cc(C(=O)Nc4ccc(C)c(F)c4)ccc3c2=O)cc1. The van der Waals surface area contributed by atoms with Gasteiger partial charge >= 0.3 is 0 Å². The molecule has 0 aliphatic rings. The van der Waals surface area contributed by atoms with Crippen molar-refractivity contribution in [1.82, 2.24) is 9.55 Å². The van der Waals surface area contributed by atoms with E-state index in [0.29, 0.717) is 34.3 Å². The molecular weight excluding hydrogens is 429 g/mol. The average Bonchev–Trinajstić information content (AvgIpc) is 2.79. The number of methoxy groups -OCH3 is 1. The first-order valence-corrected chi connectivity index (χ1v) is 10.2. The second kappa shape index (κ2) is 8.76. The van der Waals surface area contributed by atoms with Crippen molar-refractivity contribution in [3.05, 3.63) is 98.3 Å². The van der Waals surface area contributed by atoms with Crippen molar-refractivity contribution in [2.75, 3.05) is 12.4 Å². The van der Waals surface area contributed by atoms with Crippen molar-refractivity contribution < 1.29 is 13.9 Å². The Kier molecular flexibility index (Phi) is 5.87. The highest BCUT2D eigenvalue weighted by Crippen LogP contribution is 2.17. The van der Waals surface area contributed by atoms with Crippen molar-refractivity contribution in [1.29, 1.82) is 0 Å². The van der Waals surface area contributed by atoms with Crippen LogP contribution in [0.1, 0.15) is 21.5 Å². The minimum absolute atomic E-state index is 0.247. The molecule has 0 saturated carbocycles. The summed E-state index contributed by atoms with van der Waals surface area (Å²) < 4.78 is 20.6. The van der Waals surface area contributed by atoms with E-state index in [2.05, 4.69) is 10.3 Å². The molecule has 8 heteroatoms. The van der Waals surface area contributed by atoms with Crippen LogP contribution in [0.3, 0.4) is 0 Å². The molecule has 1 aromatic heterocycles. The quantitative estimate of drug-likeness (QED) is 0.429. The Morgan fingerprint density at radius 2 is 1.88 bits per heavy atom. The molecule has 0 atom stereocenters. The van der Waals surface area contributed by atoms with Crippen molar-refractivity contribution in [2.45, 2.75) is 13.5 Å². The summed E-state index contributed by atoms with van der Waals surface area (Å²) in [7, 11) is 1.59. The third kappa shape index (κ3) is 4.31. The topological polar surface area (TPSA) is 76.1 Å². The van der Waals surface area contributed by atoms with E-state index in [0.717, 1.165) is 11.3 Å². The molecule has 0 aliphatic heterocycles. The first kappa shape index (κ1) is 21.5. The lowest BCUT2D eigenvalue weighted by Crippen LogP contribution is -2.23. The van der Waals surface area contributed by atoms with E-state index in [4.69, 9.17) is 17.0 Å². The third-order valence-electron chi connectivity index (χ3n) is 5.17. The minimum Gasteiger partial charge on any atom is -0.497 e. The number of aromatic amines is 1. The average molecular weight is 450 g/mol. The molecule has 4 aromatic rings. The van der Waals surface area contributed by atoms with Crippen LogP contribution in [0.4, 0.5) is 10.1 Å². The van der Waals surface area contributed by atoms with Crippen LogP contribution in [0.2, 0.25) is 0 Å². The van der Waals surface area contributed by atoms with Crippen LogP contribution in [0, 0.1) is 17.5 Å². The van der Waals surface area contributed by atoms with Gasteiger partial charge in [0, 0.05) is 11.3 Å². The standard InChI is InChI=1S/C24H20FN3O3S/c1-14-3-7-17(12-20(14)25)26-22(29)16-6-10-19-21(11-16)27-24(32)28(23(19)30)13-15-4-8-18(31-2)9-5-15/h3-12H,13H2,1-2H3,(H,26,29)(H,27,32). The predicted octanol–water partition coefficient (Wildman–Crippen LogP) is 4.82. The Morgan fingerprint density at radius 3 is 2.56 bits per heavy atom. The van der Waals surface area contributed by atoms with Gasteiger partial charge in [-0.3, -0.25) is 14.2 Å². The van der Waals surface area contributed by atoms with E-state index in [-0.39, 0.29) is 10.3 Å². The van der Waals surface area contributed by atoms with Gasteiger partial charge in [0.25, 0.3) is 11.5 Å². The van der Waals surface area contributed by atoms with E-state index in [9.17, 15) is 14.0 Å². The molecule has 1 heterocycles. The summed E-state index contributed by atoms with van der Waals surface area (Å²) in [4.78, 5) is 28.7. The van der Waals surface area contributed by atoms with Crippen LogP contribution in [0.15, 0.2) is 65.5 Å². The van der Waals surface area contributed by atoms with Crippen LogP contribution in [-0.4, -0.2) is 22.6 Å². The summed E-state index contributed by atoms with van der Waals surface area (Å²) in [6.45, 7) is 1.95. The Hall–Kier alpha value is -3.78. The van der Waals surface area contributed by atoms with Gasteiger partial charge in [-0.05, 0) is 72.7 Å². The molecule has 3 aromatic carbocycles. The van der Waals surface area contributed by atoms with Crippen LogP contribution in [0.25, 0.3) is 10.9 Å². The van der Waals surface area contributed by atoms with E-state index in [1.54, 1.807) is 44.4 Å². The highest BCUT2D eigenvalue weighted by atomic mass is 32.1. The number of carbonyl (C=O) groups is 1. The van der Waals surface area contributed by atoms with Gasteiger partial charge in [0.2, 0.25) is 0 Å². The fourth-order valence-corrected chi connectivity index (χ4v) is 3.58. The summed E-state index contributed by atoms with van der Waals surface area (Å²) in [5.74, 6) is -0.0939. The number of nitrogens with one attached hydrogen (secondary N) is 2. The Morgan fingerprint density at radius 1 is 1.12 bits per heavy atom. The van der Waals surface area contributed by atoms with Crippen LogP contribution < -0.4 is 15.6 Å². The number of carbonyl (C=O) groups excluding carboxylic acids is 1. The van der Waals surface area contributed by atoms with Gasteiger partial charge in [-0.15, -0.1) is 0 Å². The maximum Gasteiger partial charge on any atom is 0.262 e. The molecule has 2 N–H and O–H groups in total. The molecule has 0 saturated heterocycles. The van der Waals surface area contributed by atoms with Gasteiger partial charge in [-0.25, -0.2) is 4.39 Å². The number of H-pyrrole nitrogens is 1. The van der Waals surface area contributed by atoms with Crippen LogP contribution >= 0.6 is 12.2 Å². The van der Waals surface area contributed by atoms with Gasteiger partial charge < -0.3 is 15.0 Å². The van der Waals surface area contributed by atoms with E-state index in [1.165, 1.54) is 10.6 Å². The molecule has 4 rings (SSSR count). The van der Waals surface area contributed by atoms with E-state index in [1.807, 2.05) is 24.3 Å². The number of aromatic nitrogens is 2. The molecule has 0 fully saturated rings. The maximum atomic E-state index is 13.8. The highest BCUT2D eigenvalue weighted by Gasteiger charge is 2.12. The zero-order valence-electron chi connectivity index (χ0n) is 17.4. The summed E-state index contributed by atoms with van der Waals surface area (Å²) in [6, 6.07) is 16.5. The molecule has 0 spiro atoms. The molecular formula is C24H20FN3O3S. The second-order valence-electron chi connectivity index (χ2n) is 7.35. The fourth-order valence-electron chi connectivity index (χ4n) is 3.33. The second-order valence-corrected chi connectivity index (χ2v) is 7.73. The minimum atomic E-state index is -0.420. The zero-order chi connectivity index (χ0) is 22.8. The lowest BCUT2D eigenvalue weighted by Gasteiger charge is -2.10. The van der Waals surface area contributed by atoms with E-state index >= 15 is 0 Å². The lowest BCUT2D eigenvalue weighted by atomic mass is 10.1. The predicted molar refractivity (Wildman–Crippen MR) is 125 cm³/mol. The number of aryl methyl sites for hydroxylation is 1. The fraction of sp³-hybridized carbons (Fsp3) is 0.125. The highest BCUT2D eigenvalue weighted by molar-refractivity contribution is 7.71. The van der Waals surface area contributed by atoms with Crippen molar-refractivity contribution in [2.24, 2.45) is 0 Å². The first-order chi connectivity index (χ1) is 15.4. The first-order valence-electron chi connectivity index (χ1n) is 9.83. The van der Waals surface area contributed by atoms with Crippen molar-refractivity contribution in [3.63, 3.8) is 0 Å². The van der Waals surface area contributed by atoms with Crippen LogP contribution in [-0.2, 0) is 6.54 Å². The number of hydrogen-bond donors (Lipinski definition) is 2. The van der Waals surface area contributed by atoms with Gasteiger partial charge in [-0.1, -0.05) is 18.2 Å². The summed E-state index contributed by atoms with van der Waals surface area (Å²) in [6.07, 6.45) is 0. The molecule has 0 aliphatic carbocycles. The number of halogens is 1. The molecule has 32 heavy (non-hydrogen) atoms. The number of nitrogens with zero attached hydrogens (tertiary/aromatic N) is 1. The maximum absolute atomic E-state index is 13.8. The van der Waals surface area contributed by atoms with Gasteiger partial charge in [-0.2, -0.15) is 0 Å². The summed E-state index contributed by atoms with van der Waals surface area (Å²) in [5.41, 5.74) is 2.25. The largest absolute Gasteiger partial charge is 0.497 e. The van der Waals surface area contributed by atoms with Gasteiger partial charge in [0.15, 0.2) is 4.77 Å². The molecule has 162 valence electrons. The normalized spacial score (nSPS) is 10.8. The molecule has 0 radical (unpaired) electrons. The van der Waals surface area contributed by atoms with Gasteiger partial charge in [0.05, 0.1) is 24.6 Å². The summed E-state index contributed by atoms with van der Waals surface area (Å²) >= 11 is 5.40. The van der Waals surface area contributed by atoms with E-state index < -0.39 is 11.7 Å². The summed E-state index contributed by atoms with van der Waals surface area (Å²) in [5, 5.41) is 3.07. The Balaban J connectivity index is 1.64. The van der Waals surface area contributed by atoms with Crippen molar-refractivity contribution in [3.8, 4) is 5.75 Å². The third-order valence-corrected chi connectivity index (χ3v) is 5.50. The Labute approximate surface area is 188 Å². The number of benzene rings is 3. The van der Waals surface area contributed by atoms with Gasteiger partial charge in [0.1, 0.15) is 11.6 Å². The Bertz CT molecular complexity index is 1440. The zero-order valence-corrected chi connectivity index (χ0v) is 18.3. The lowest BCUT2D eigenvalue weighted by molar-refractivity contribution is 0.102. The smallest absolute Gasteiger partial charge is 0.262 e.